The van der Waals surface area contributed by atoms with Gasteiger partial charge in [-0.1, -0.05) is 6.08 Å². The largest absolute Gasteiger partial charge is 0.358 e. The highest BCUT2D eigenvalue weighted by Crippen LogP contribution is 2.14. The van der Waals surface area contributed by atoms with Gasteiger partial charge in [0.1, 0.15) is 11.6 Å². The Morgan fingerprint density at radius 2 is 1.89 bits per heavy atom. The summed E-state index contributed by atoms with van der Waals surface area (Å²) in [6, 6.07) is 3.12. The highest BCUT2D eigenvalue weighted by molar-refractivity contribution is 7.80. The van der Waals surface area contributed by atoms with E-state index < -0.39 is 11.6 Å². The van der Waals surface area contributed by atoms with Crippen molar-refractivity contribution in [3.63, 3.8) is 0 Å². The zero-order valence-electron chi connectivity index (χ0n) is 9.80. The average molecular weight is 302 g/mol. The van der Waals surface area contributed by atoms with E-state index in [1.165, 1.54) is 6.07 Å². The Morgan fingerprint density at radius 1 is 1.21 bits per heavy atom. The molecule has 4 nitrogen and oxygen atoms in total. The molecule has 1 aromatic rings. The Kier molecular flexibility index (Phi) is 6.10. The third kappa shape index (κ3) is 5.58. The minimum absolute atomic E-state index is 0.0608. The predicted octanol–water partition coefficient (Wildman–Crippen LogP) is 1.82. The molecular weight excluding hydrogens is 290 g/mol. The molecule has 0 radical (unpaired) electrons. The van der Waals surface area contributed by atoms with Gasteiger partial charge in [-0.15, -0.1) is 6.58 Å². The van der Waals surface area contributed by atoms with Crippen molar-refractivity contribution in [2.24, 2.45) is 0 Å². The highest BCUT2D eigenvalue weighted by Gasteiger charge is 2.05. The maximum absolute atomic E-state index is 13.3. The van der Waals surface area contributed by atoms with Gasteiger partial charge in [0.15, 0.2) is 10.2 Å². The molecule has 0 atom stereocenters. The van der Waals surface area contributed by atoms with Crippen LogP contribution in [0.15, 0.2) is 30.9 Å². The van der Waals surface area contributed by atoms with Gasteiger partial charge in [0.05, 0.1) is 5.69 Å². The lowest BCUT2D eigenvalue weighted by atomic mass is 10.3. The fraction of sp³-hybridized carbons (Fsp3) is 0.0909. The molecule has 0 aromatic heterocycles. The molecule has 19 heavy (non-hydrogen) atoms. The van der Waals surface area contributed by atoms with Gasteiger partial charge in [-0.3, -0.25) is 10.9 Å². The number of hydrogen-bond acceptors (Lipinski definition) is 2. The summed E-state index contributed by atoms with van der Waals surface area (Å²) in [6.45, 7) is 4.02. The molecule has 0 amide bonds. The van der Waals surface area contributed by atoms with Gasteiger partial charge < -0.3 is 10.6 Å². The van der Waals surface area contributed by atoms with Gasteiger partial charge in [0, 0.05) is 12.6 Å². The second kappa shape index (κ2) is 7.59. The van der Waals surface area contributed by atoms with Crippen LogP contribution in [0.5, 0.6) is 0 Å². The third-order valence-electron chi connectivity index (χ3n) is 1.88. The number of anilines is 1. The van der Waals surface area contributed by atoms with Gasteiger partial charge in [-0.05, 0) is 36.6 Å². The van der Waals surface area contributed by atoms with Crippen molar-refractivity contribution in [1.82, 2.24) is 16.2 Å². The lowest BCUT2D eigenvalue weighted by Gasteiger charge is -2.13. The highest BCUT2D eigenvalue weighted by atomic mass is 32.1. The third-order valence-corrected chi connectivity index (χ3v) is 2.33. The summed E-state index contributed by atoms with van der Waals surface area (Å²) in [5.41, 5.74) is 5.20. The molecule has 1 rings (SSSR count). The van der Waals surface area contributed by atoms with E-state index in [2.05, 4.69) is 28.1 Å². The van der Waals surface area contributed by atoms with Crippen LogP contribution in [0, 0.1) is 11.6 Å². The molecule has 4 N–H and O–H groups in total. The summed E-state index contributed by atoms with van der Waals surface area (Å²) in [4.78, 5) is 0. The Balaban J connectivity index is 2.43. The standard InChI is InChI=1S/C11H12F2N4S2/c1-2-5-14-10(18)16-17-11(19)15-9-4-3-7(12)6-8(9)13/h2-4,6H,1,5H2,(H2,14,16,18)(H2,15,17,19). The van der Waals surface area contributed by atoms with Crippen molar-refractivity contribution < 1.29 is 8.78 Å². The second-order valence-electron chi connectivity index (χ2n) is 3.33. The first-order chi connectivity index (χ1) is 9.02. The molecule has 0 aliphatic heterocycles. The van der Waals surface area contributed by atoms with E-state index in [0.717, 1.165) is 12.1 Å². The number of hydrazine groups is 1. The van der Waals surface area contributed by atoms with Gasteiger partial charge in [0.2, 0.25) is 0 Å². The van der Waals surface area contributed by atoms with Crippen LogP contribution >= 0.6 is 24.4 Å². The zero-order chi connectivity index (χ0) is 14.3. The van der Waals surface area contributed by atoms with E-state index in [-0.39, 0.29) is 10.8 Å². The normalized spacial score (nSPS) is 9.37. The molecule has 0 heterocycles. The molecule has 8 heteroatoms. The Bertz CT molecular complexity index is 494. The van der Waals surface area contributed by atoms with Crippen molar-refractivity contribution in [3.05, 3.63) is 42.5 Å². The van der Waals surface area contributed by atoms with E-state index in [0.29, 0.717) is 11.7 Å². The lowest BCUT2D eigenvalue weighted by Crippen LogP contribution is -2.48. The van der Waals surface area contributed by atoms with Gasteiger partial charge in [-0.25, -0.2) is 8.78 Å². The van der Waals surface area contributed by atoms with Crippen LogP contribution in [0.3, 0.4) is 0 Å². The van der Waals surface area contributed by atoms with E-state index >= 15 is 0 Å². The number of halogens is 2. The first kappa shape index (κ1) is 15.3. The van der Waals surface area contributed by atoms with Crippen molar-refractivity contribution in [2.75, 3.05) is 11.9 Å². The molecule has 0 bridgehead atoms. The topological polar surface area (TPSA) is 48.1 Å². The van der Waals surface area contributed by atoms with Gasteiger partial charge >= 0.3 is 0 Å². The van der Waals surface area contributed by atoms with Crippen LogP contribution in [0.25, 0.3) is 0 Å². The van der Waals surface area contributed by atoms with Crippen molar-refractivity contribution in [3.8, 4) is 0 Å². The summed E-state index contributed by atoms with van der Waals surface area (Å²) in [7, 11) is 0. The van der Waals surface area contributed by atoms with Crippen molar-refractivity contribution in [2.45, 2.75) is 0 Å². The number of nitrogens with one attached hydrogen (secondary N) is 4. The monoisotopic (exact) mass is 302 g/mol. The van der Waals surface area contributed by atoms with Crippen molar-refractivity contribution >= 4 is 40.3 Å². The molecule has 0 aliphatic carbocycles. The molecular formula is C11H12F2N4S2. The summed E-state index contributed by atoms with van der Waals surface area (Å²) < 4.78 is 26.0. The first-order valence-corrected chi connectivity index (χ1v) is 6.01. The summed E-state index contributed by atoms with van der Waals surface area (Å²) in [6.07, 6.45) is 1.64. The first-order valence-electron chi connectivity index (χ1n) is 5.19. The van der Waals surface area contributed by atoms with Crippen LogP contribution < -0.4 is 21.5 Å². The molecule has 0 saturated carbocycles. The molecule has 0 fully saturated rings. The predicted molar refractivity (Wildman–Crippen MR) is 79.6 cm³/mol. The van der Waals surface area contributed by atoms with Crippen molar-refractivity contribution in [1.29, 1.82) is 0 Å². The fourth-order valence-electron chi connectivity index (χ4n) is 1.07. The molecule has 0 aliphatic rings. The molecule has 102 valence electrons. The number of rotatable bonds is 3. The van der Waals surface area contributed by atoms with Crippen LogP contribution in [-0.2, 0) is 0 Å². The quantitative estimate of drug-likeness (QED) is 0.388. The molecule has 1 aromatic carbocycles. The lowest BCUT2D eigenvalue weighted by molar-refractivity contribution is 0.586. The van der Waals surface area contributed by atoms with E-state index in [9.17, 15) is 8.78 Å². The number of benzene rings is 1. The van der Waals surface area contributed by atoms with Crippen LogP contribution in [0.2, 0.25) is 0 Å². The number of hydrogen-bond donors (Lipinski definition) is 4. The molecule has 0 saturated heterocycles. The van der Waals surface area contributed by atoms with Gasteiger partial charge in [0.25, 0.3) is 0 Å². The minimum atomic E-state index is -0.739. The summed E-state index contributed by atoms with van der Waals surface area (Å²) >= 11 is 9.81. The Morgan fingerprint density at radius 3 is 2.53 bits per heavy atom. The Hall–Kier alpha value is -1.80. The minimum Gasteiger partial charge on any atom is -0.358 e. The van der Waals surface area contributed by atoms with E-state index in [1.807, 2.05) is 0 Å². The van der Waals surface area contributed by atoms with E-state index in [1.54, 1.807) is 6.08 Å². The maximum Gasteiger partial charge on any atom is 0.189 e. The molecule has 0 spiro atoms. The number of thiocarbonyl (C=S) groups is 2. The van der Waals surface area contributed by atoms with Crippen LogP contribution in [0.1, 0.15) is 0 Å². The average Bonchev–Trinajstić information content (AvgIpc) is 2.37. The second-order valence-corrected chi connectivity index (χ2v) is 4.14. The Labute approximate surface area is 120 Å². The molecule has 0 unspecified atom stereocenters. The van der Waals surface area contributed by atoms with Crippen LogP contribution in [-0.4, -0.2) is 16.8 Å². The summed E-state index contributed by atoms with van der Waals surface area (Å²) in [5, 5.41) is 5.76. The smallest absolute Gasteiger partial charge is 0.189 e. The van der Waals surface area contributed by atoms with Gasteiger partial charge in [-0.2, -0.15) is 0 Å². The van der Waals surface area contributed by atoms with E-state index in [4.69, 9.17) is 24.4 Å². The SMILES string of the molecule is C=CCNC(=S)NNC(=S)Nc1ccc(F)cc1F. The fourth-order valence-corrected chi connectivity index (χ4v) is 1.36. The maximum atomic E-state index is 13.3. The summed E-state index contributed by atoms with van der Waals surface area (Å²) in [5.74, 6) is -1.40. The van der Waals surface area contributed by atoms with Crippen LogP contribution in [0.4, 0.5) is 14.5 Å². The zero-order valence-corrected chi connectivity index (χ0v) is 11.4.